The summed E-state index contributed by atoms with van der Waals surface area (Å²) in [5.74, 6) is -0.700. The minimum atomic E-state index is -3.31. The summed E-state index contributed by atoms with van der Waals surface area (Å²) in [4.78, 5) is 36.0. The highest BCUT2D eigenvalue weighted by Gasteiger charge is 2.29. The van der Waals surface area contributed by atoms with Gasteiger partial charge in [0, 0.05) is 24.7 Å². The van der Waals surface area contributed by atoms with Crippen LogP contribution in [0.2, 0.25) is 0 Å². The van der Waals surface area contributed by atoms with Crippen molar-refractivity contribution in [3.8, 4) is 17.1 Å². The summed E-state index contributed by atoms with van der Waals surface area (Å²) in [6.45, 7) is 0.547. The Bertz CT molecular complexity index is 1300. The summed E-state index contributed by atoms with van der Waals surface area (Å²) in [7, 11) is -3.31. The first-order valence-corrected chi connectivity index (χ1v) is 11.1. The number of aromatic amines is 1. The molecule has 0 spiro atoms. The summed E-state index contributed by atoms with van der Waals surface area (Å²) in [5, 5.41) is 9.76. The van der Waals surface area contributed by atoms with Crippen LogP contribution in [0.1, 0.15) is 29.4 Å². The van der Waals surface area contributed by atoms with Crippen molar-refractivity contribution in [2.45, 2.75) is 18.9 Å². The minimum Gasteiger partial charge on any atom is -0.508 e. The van der Waals surface area contributed by atoms with Gasteiger partial charge in [-0.25, -0.2) is 27.5 Å². The molecule has 158 valence electrons. The van der Waals surface area contributed by atoms with Gasteiger partial charge >= 0.3 is 5.69 Å². The van der Waals surface area contributed by atoms with Gasteiger partial charge in [-0.05, 0) is 25.0 Å². The molecule has 0 radical (unpaired) electrons. The molecule has 1 amide bonds. The summed E-state index contributed by atoms with van der Waals surface area (Å²) >= 11 is 0. The van der Waals surface area contributed by atoms with Crippen LogP contribution in [-0.2, 0) is 10.0 Å². The molecule has 1 saturated heterocycles. The molecule has 0 aliphatic carbocycles. The third kappa shape index (κ3) is 3.55. The van der Waals surface area contributed by atoms with Crippen molar-refractivity contribution in [3.05, 3.63) is 40.4 Å². The molecule has 3 aromatic rings. The predicted octanol–water partition coefficient (Wildman–Crippen LogP) is 0.188. The molecule has 1 aromatic carbocycles. The van der Waals surface area contributed by atoms with E-state index in [2.05, 4.69) is 15.0 Å². The van der Waals surface area contributed by atoms with Gasteiger partial charge < -0.3 is 15.8 Å². The number of fused-ring (bicyclic) bond motifs is 1. The number of imidazole rings is 1. The van der Waals surface area contributed by atoms with Crippen LogP contribution >= 0.6 is 0 Å². The highest BCUT2D eigenvalue weighted by atomic mass is 32.2. The Hall–Kier alpha value is -3.25. The Balaban J connectivity index is 1.84. The number of H-pyrrole nitrogens is 1. The Labute approximate surface area is 171 Å². The molecular weight excluding hydrogens is 412 g/mol. The lowest BCUT2D eigenvalue weighted by Crippen LogP contribution is -2.40. The number of carbonyl (C=O) groups excluding carboxylic acids is 1. The SMILES string of the molecule is CS(=O)(=O)N1CCC(n2c(=O)[nH]c3c(C(N)=O)nc(-c4cccc(O)c4)nc32)CC1. The number of sulfonamides is 1. The topological polar surface area (TPSA) is 164 Å². The minimum absolute atomic E-state index is 0.00331. The fourth-order valence-corrected chi connectivity index (χ4v) is 4.60. The van der Waals surface area contributed by atoms with Crippen molar-refractivity contribution >= 4 is 27.1 Å². The maximum Gasteiger partial charge on any atom is 0.327 e. The molecule has 30 heavy (non-hydrogen) atoms. The molecule has 3 heterocycles. The Kier molecular flexibility index (Phi) is 4.82. The smallest absolute Gasteiger partial charge is 0.327 e. The largest absolute Gasteiger partial charge is 0.508 e. The number of nitrogens with one attached hydrogen (secondary N) is 1. The van der Waals surface area contributed by atoms with Crippen LogP contribution in [0.4, 0.5) is 0 Å². The van der Waals surface area contributed by atoms with Gasteiger partial charge in [-0.2, -0.15) is 0 Å². The average molecular weight is 432 g/mol. The Morgan fingerprint density at radius 2 is 1.97 bits per heavy atom. The number of nitrogens with zero attached hydrogens (tertiary/aromatic N) is 4. The summed E-state index contributed by atoms with van der Waals surface area (Å²) < 4.78 is 26.3. The van der Waals surface area contributed by atoms with Crippen molar-refractivity contribution < 1.29 is 18.3 Å². The van der Waals surface area contributed by atoms with Gasteiger partial charge in [-0.1, -0.05) is 12.1 Å². The van der Waals surface area contributed by atoms with E-state index in [-0.39, 0.29) is 47.6 Å². The van der Waals surface area contributed by atoms with E-state index in [0.717, 1.165) is 6.26 Å². The van der Waals surface area contributed by atoms with Crippen LogP contribution in [0.5, 0.6) is 5.75 Å². The maximum absolute atomic E-state index is 12.7. The highest BCUT2D eigenvalue weighted by Crippen LogP contribution is 2.28. The second-order valence-electron chi connectivity index (χ2n) is 7.20. The number of rotatable bonds is 4. The maximum atomic E-state index is 12.7. The zero-order chi connectivity index (χ0) is 21.6. The summed E-state index contributed by atoms with van der Waals surface area (Å²) in [5.41, 5.74) is 5.65. The number of carbonyl (C=O) groups is 1. The molecule has 1 aliphatic heterocycles. The number of primary amides is 1. The second kappa shape index (κ2) is 7.22. The highest BCUT2D eigenvalue weighted by molar-refractivity contribution is 7.88. The first kappa shape index (κ1) is 20.0. The summed E-state index contributed by atoms with van der Waals surface area (Å²) in [6.07, 6.45) is 1.98. The van der Waals surface area contributed by atoms with Crippen molar-refractivity contribution in [1.82, 2.24) is 23.8 Å². The van der Waals surface area contributed by atoms with Crippen LogP contribution in [0, 0.1) is 0 Å². The number of nitrogens with two attached hydrogens (primary N) is 1. The Morgan fingerprint density at radius 1 is 1.27 bits per heavy atom. The van der Waals surface area contributed by atoms with E-state index < -0.39 is 21.6 Å². The first-order valence-electron chi connectivity index (χ1n) is 9.21. The lowest BCUT2D eigenvalue weighted by atomic mass is 10.1. The molecule has 1 aliphatic rings. The van der Waals surface area contributed by atoms with E-state index in [1.54, 1.807) is 12.1 Å². The van der Waals surface area contributed by atoms with Gasteiger partial charge in [0.05, 0.1) is 6.26 Å². The average Bonchev–Trinajstić information content (AvgIpc) is 3.02. The molecule has 2 aromatic heterocycles. The Morgan fingerprint density at radius 3 is 2.57 bits per heavy atom. The lowest BCUT2D eigenvalue weighted by Gasteiger charge is -2.30. The number of aromatic nitrogens is 4. The molecule has 0 unspecified atom stereocenters. The lowest BCUT2D eigenvalue weighted by molar-refractivity contribution is 0.0997. The van der Waals surface area contributed by atoms with Crippen molar-refractivity contribution in [2.75, 3.05) is 19.3 Å². The molecule has 11 nitrogen and oxygen atoms in total. The zero-order valence-electron chi connectivity index (χ0n) is 16.1. The number of benzene rings is 1. The quantitative estimate of drug-likeness (QED) is 0.529. The predicted molar refractivity (Wildman–Crippen MR) is 108 cm³/mol. The van der Waals surface area contributed by atoms with Gasteiger partial charge in [0.15, 0.2) is 17.2 Å². The number of phenols is 1. The molecule has 4 rings (SSSR count). The third-order valence-electron chi connectivity index (χ3n) is 5.16. The normalized spacial score (nSPS) is 16.2. The molecule has 4 N–H and O–H groups in total. The van der Waals surface area contributed by atoms with E-state index in [9.17, 15) is 23.1 Å². The van der Waals surface area contributed by atoms with Gasteiger partial charge in [-0.15, -0.1) is 0 Å². The third-order valence-corrected chi connectivity index (χ3v) is 6.47. The molecule has 0 atom stereocenters. The number of hydrogen-bond acceptors (Lipinski definition) is 7. The van der Waals surface area contributed by atoms with Crippen LogP contribution in [0.3, 0.4) is 0 Å². The van der Waals surface area contributed by atoms with Crippen LogP contribution in [0.15, 0.2) is 29.1 Å². The van der Waals surface area contributed by atoms with Gasteiger partial charge in [0.2, 0.25) is 10.0 Å². The fraction of sp³-hybridized carbons (Fsp3) is 0.333. The van der Waals surface area contributed by atoms with Crippen LogP contribution in [0.25, 0.3) is 22.6 Å². The molecule has 1 fully saturated rings. The van der Waals surface area contributed by atoms with Gasteiger partial charge in [0.25, 0.3) is 5.91 Å². The van der Waals surface area contributed by atoms with E-state index in [1.165, 1.54) is 21.0 Å². The van der Waals surface area contributed by atoms with Crippen molar-refractivity contribution in [1.29, 1.82) is 0 Å². The standard InChI is InChI=1S/C18H20N6O5S/c1-30(28,29)23-7-5-11(6-8-23)24-17-14(21-18(24)27)13(15(19)26)20-16(22-17)10-3-2-4-12(25)9-10/h2-4,9,11,25H,5-8H2,1H3,(H2,19,26)(H,21,27). The number of phenolic OH excluding ortho intramolecular Hbond substituents is 1. The van der Waals surface area contributed by atoms with Gasteiger partial charge in [-0.3, -0.25) is 9.36 Å². The van der Waals surface area contributed by atoms with Crippen LogP contribution in [-0.4, -0.2) is 62.6 Å². The number of amides is 1. The number of piperidine rings is 1. The monoisotopic (exact) mass is 432 g/mol. The van der Waals surface area contributed by atoms with E-state index in [4.69, 9.17) is 5.73 Å². The molecular formula is C18H20N6O5S. The zero-order valence-corrected chi connectivity index (χ0v) is 16.9. The molecule has 0 saturated carbocycles. The molecule has 12 heteroatoms. The number of aromatic hydroxyl groups is 1. The van der Waals surface area contributed by atoms with E-state index >= 15 is 0 Å². The summed E-state index contributed by atoms with van der Waals surface area (Å²) in [6, 6.07) is 5.88. The van der Waals surface area contributed by atoms with Crippen LogP contribution < -0.4 is 11.4 Å². The van der Waals surface area contributed by atoms with E-state index in [0.29, 0.717) is 18.4 Å². The second-order valence-corrected chi connectivity index (χ2v) is 9.18. The fourth-order valence-electron chi connectivity index (χ4n) is 3.72. The van der Waals surface area contributed by atoms with E-state index in [1.807, 2.05) is 0 Å². The first-order chi connectivity index (χ1) is 14.1. The number of hydrogen-bond donors (Lipinski definition) is 3. The van der Waals surface area contributed by atoms with Crippen molar-refractivity contribution in [2.24, 2.45) is 5.73 Å². The van der Waals surface area contributed by atoms with Crippen molar-refractivity contribution in [3.63, 3.8) is 0 Å². The molecule has 0 bridgehead atoms. The van der Waals surface area contributed by atoms with Gasteiger partial charge in [0.1, 0.15) is 11.3 Å².